The van der Waals surface area contributed by atoms with Crippen LogP contribution in [0.3, 0.4) is 0 Å². The Labute approximate surface area is 181 Å². The highest BCUT2D eigenvalue weighted by Crippen LogP contribution is 2.47. The summed E-state index contributed by atoms with van der Waals surface area (Å²) in [5.41, 5.74) is 0. The number of Topliss-reactive ketones (excluding diaryl/α,β-unsaturated/α-hetero) is 1. The molecule has 1 heterocycles. The summed E-state index contributed by atoms with van der Waals surface area (Å²) in [5.74, 6) is -1.03. The van der Waals surface area contributed by atoms with Gasteiger partial charge in [0.2, 0.25) is 5.78 Å². The number of benzene rings is 3. The molecular weight excluding hydrogens is 407 g/mol. The molecule has 0 aliphatic rings. The summed E-state index contributed by atoms with van der Waals surface area (Å²) in [5, 5.41) is 2.72. The second-order valence-corrected chi connectivity index (χ2v) is 10.2. The van der Waals surface area contributed by atoms with Crippen molar-refractivity contribution in [2.24, 2.45) is 0 Å². The van der Waals surface area contributed by atoms with E-state index < -0.39 is 18.6 Å². The minimum absolute atomic E-state index is 0.0774. The molecule has 0 atom stereocenters. The van der Waals surface area contributed by atoms with Crippen molar-refractivity contribution >= 4 is 39.8 Å². The molecule has 0 saturated heterocycles. The van der Waals surface area contributed by atoms with E-state index >= 15 is 0 Å². The molecular formula is C26H21O4P. The van der Waals surface area contributed by atoms with E-state index in [2.05, 4.69) is 0 Å². The predicted octanol–water partition coefficient (Wildman–Crippen LogP) is 3.80. The van der Waals surface area contributed by atoms with Crippen molar-refractivity contribution in [3.63, 3.8) is 0 Å². The van der Waals surface area contributed by atoms with Crippen LogP contribution < -0.4 is 15.9 Å². The first-order chi connectivity index (χ1) is 15.2. The molecule has 0 bridgehead atoms. The lowest BCUT2D eigenvalue weighted by Crippen LogP contribution is -2.38. The Morgan fingerprint density at radius 1 is 0.677 bits per heavy atom. The van der Waals surface area contributed by atoms with Crippen molar-refractivity contribution in [3.8, 4) is 0 Å². The Hall–Kier alpha value is -3.62. The Bertz CT molecular complexity index is 1130. The van der Waals surface area contributed by atoms with E-state index in [1.807, 2.05) is 91.0 Å². The molecule has 0 N–H and O–H groups in total. The number of furan rings is 1. The monoisotopic (exact) mass is 428 g/mol. The van der Waals surface area contributed by atoms with Crippen molar-refractivity contribution < 1.29 is 18.7 Å². The van der Waals surface area contributed by atoms with Gasteiger partial charge in [0, 0.05) is 0 Å². The second-order valence-electron chi connectivity index (χ2n) is 6.82. The molecule has 4 rings (SSSR count). The average molecular weight is 428 g/mol. The van der Waals surface area contributed by atoms with E-state index in [1.54, 1.807) is 12.1 Å². The maximum Gasteiger partial charge on any atom is 0.343 e. The fourth-order valence-corrected chi connectivity index (χ4v) is 8.10. The summed E-state index contributed by atoms with van der Waals surface area (Å²) in [6.07, 6.45) is 1.43. The topological polar surface area (TPSA) is 56.5 Å². The predicted molar refractivity (Wildman–Crippen MR) is 125 cm³/mol. The minimum Gasteiger partial charge on any atom is -0.465 e. The molecule has 0 unspecified atom stereocenters. The van der Waals surface area contributed by atoms with Gasteiger partial charge in [-0.2, -0.15) is 0 Å². The van der Waals surface area contributed by atoms with Gasteiger partial charge in [-0.15, -0.1) is 0 Å². The van der Waals surface area contributed by atoms with Gasteiger partial charge in [0.1, 0.15) is 5.29 Å². The average Bonchev–Trinajstić information content (AvgIpc) is 3.38. The summed E-state index contributed by atoms with van der Waals surface area (Å²) >= 11 is 0. The standard InChI is InChI=1S/C26H21O4P/c1-29-26(28)25(24(27)23-18-11-19-30-23)31(20-12-5-2-6-13-20,21-14-7-3-8-15-21)22-16-9-4-10-17-22/h2-19H,1H3. The number of methoxy groups -OCH3 is 1. The molecule has 0 saturated carbocycles. The van der Waals surface area contributed by atoms with Gasteiger partial charge < -0.3 is 9.15 Å². The third kappa shape index (κ3) is 3.67. The van der Waals surface area contributed by atoms with Gasteiger partial charge in [0.25, 0.3) is 0 Å². The molecule has 31 heavy (non-hydrogen) atoms. The van der Waals surface area contributed by atoms with Crippen LogP contribution in [-0.2, 0) is 9.53 Å². The zero-order valence-corrected chi connectivity index (χ0v) is 17.9. The van der Waals surface area contributed by atoms with Crippen LogP contribution >= 0.6 is 6.89 Å². The highest BCUT2D eigenvalue weighted by Gasteiger charge is 2.38. The molecule has 5 heteroatoms. The zero-order valence-electron chi connectivity index (χ0n) is 17.0. The quantitative estimate of drug-likeness (QED) is 0.203. The third-order valence-electron chi connectivity index (χ3n) is 5.10. The lowest BCUT2D eigenvalue weighted by molar-refractivity contribution is -0.132. The van der Waals surface area contributed by atoms with Gasteiger partial charge in [0.05, 0.1) is 13.4 Å². The van der Waals surface area contributed by atoms with Crippen molar-refractivity contribution in [1.29, 1.82) is 0 Å². The third-order valence-corrected chi connectivity index (χ3v) is 9.38. The van der Waals surface area contributed by atoms with Crippen LogP contribution in [0, 0.1) is 0 Å². The highest BCUT2D eigenvalue weighted by atomic mass is 31.2. The maximum atomic E-state index is 13.8. The van der Waals surface area contributed by atoms with Crippen LogP contribution in [0.25, 0.3) is 0 Å². The number of hydrogen-bond acceptors (Lipinski definition) is 4. The second kappa shape index (κ2) is 9.03. The molecule has 0 radical (unpaired) electrons. The van der Waals surface area contributed by atoms with Crippen LogP contribution in [-0.4, -0.2) is 24.2 Å². The van der Waals surface area contributed by atoms with Crippen molar-refractivity contribution in [1.82, 2.24) is 0 Å². The van der Waals surface area contributed by atoms with E-state index in [0.717, 1.165) is 15.9 Å². The van der Waals surface area contributed by atoms with E-state index in [0.29, 0.717) is 0 Å². The normalized spacial score (nSPS) is 11.0. The number of hydrogen-bond donors (Lipinski definition) is 0. The van der Waals surface area contributed by atoms with Crippen LogP contribution in [0.1, 0.15) is 10.6 Å². The van der Waals surface area contributed by atoms with Crippen LogP contribution in [0.2, 0.25) is 0 Å². The number of esters is 1. The molecule has 1 aromatic heterocycles. The lowest BCUT2D eigenvalue weighted by Gasteiger charge is -2.31. The highest BCUT2D eigenvalue weighted by molar-refractivity contribution is 7.97. The molecule has 3 aromatic carbocycles. The summed E-state index contributed by atoms with van der Waals surface area (Å²) in [4.78, 5) is 27.1. The summed E-state index contributed by atoms with van der Waals surface area (Å²) in [7, 11) is 1.30. The smallest absolute Gasteiger partial charge is 0.343 e. The summed E-state index contributed by atoms with van der Waals surface area (Å²) < 4.78 is 10.6. The first kappa shape index (κ1) is 20.6. The largest absolute Gasteiger partial charge is 0.465 e. The molecule has 4 aromatic rings. The number of ketones is 1. The first-order valence-electron chi connectivity index (χ1n) is 9.79. The van der Waals surface area contributed by atoms with E-state index in [9.17, 15) is 9.59 Å². The number of carbonyl (C=O) groups is 2. The molecule has 0 aliphatic carbocycles. The van der Waals surface area contributed by atoms with E-state index in [4.69, 9.17) is 9.15 Å². The zero-order chi connectivity index (χ0) is 21.7. The minimum atomic E-state index is -2.90. The van der Waals surface area contributed by atoms with Gasteiger partial charge in [-0.1, -0.05) is 91.0 Å². The molecule has 154 valence electrons. The van der Waals surface area contributed by atoms with Crippen LogP contribution in [0.5, 0.6) is 0 Å². The molecule has 0 aliphatic heterocycles. The van der Waals surface area contributed by atoms with Crippen molar-refractivity contribution in [3.05, 3.63) is 115 Å². The number of carbonyl (C=O) groups excluding carboxylic acids is 2. The summed E-state index contributed by atoms with van der Waals surface area (Å²) in [6, 6.07) is 32.3. The van der Waals surface area contributed by atoms with Crippen molar-refractivity contribution in [2.75, 3.05) is 7.11 Å². The Morgan fingerprint density at radius 2 is 1.13 bits per heavy atom. The van der Waals surface area contributed by atoms with E-state index in [-0.39, 0.29) is 11.1 Å². The van der Waals surface area contributed by atoms with Crippen LogP contribution in [0.15, 0.2) is 114 Å². The van der Waals surface area contributed by atoms with Gasteiger partial charge in [-0.05, 0) is 34.9 Å². The molecule has 4 nitrogen and oxygen atoms in total. The Kier molecular flexibility index (Phi) is 6.01. The maximum absolute atomic E-state index is 13.8. The lowest BCUT2D eigenvalue weighted by atomic mass is 10.2. The van der Waals surface area contributed by atoms with Gasteiger partial charge >= 0.3 is 5.97 Å². The SMILES string of the molecule is COC(=O)C(C(=O)c1ccco1)=P(c1ccccc1)(c1ccccc1)c1ccccc1. The van der Waals surface area contributed by atoms with Gasteiger partial charge in [-0.25, -0.2) is 4.79 Å². The number of rotatable bonds is 6. The Balaban J connectivity index is 2.27. The fraction of sp³-hybridized carbons (Fsp3) is 0.0385. The molecule has 0 fully saturated rings. The number of ether oxygens (including phenoxy) is 1. The van der Waals surface area contributed by atoms with Crippen LogP contribution in [0.4, 0.5) is 0 Å². The molecule has 0 spiro atoms. The summed E-state index contributed by atoms with van der Waals surface area (Å²) in [6.45, 7) is -2.90. The van der Waals surface area contributed by atoms with Gasteiger partial charge in [0.15, 0.2) is 5.76 Å². The Morgan fingerprint density at radius 3 is 1.48 bits per heavy atom. The first-order valence-corrected chi connectivity index (χ1v) is 11.6. The fourth-order valence-electron chi connectivity index (χ4n) is 3.79. The van der Waals surface area contributed by atoms with Gasteiger partial charge in [-0.3, -0.25) is 4.79 Å². The van der Waals surface area contributed by atoms with E-state index in [1.165, 1.54) is 13.4 Å². The molecule has 0 amide bonds. The van der Waals surface area contributed by atoms with Crippen molar-refractivity contribution in [2.45, 2.75) is 0 Å².